The Labute approximate surface area is 204 Å². The van der Waals surface area contributed by atoms with Gasteiger partial charge in [0.25, 0.3) is 0 Å². The van der Waals surface area contributed by atoms with Gasteiger partial charge in [0, 0.05) is 13.2 Å². The smallest absolute Gasteiger partial charge is 0.157 e. The molecule has 0 aromatic heterocycles. The average molecular weight is 461 g/mol. The molecule has 0 aromatic rings. The second-order valence-electron chi connectivity index (χ2n) is 12.3. The third-order valence-electron chi connectivity index (χ3n) is 10.2. The Hall–Kier alpha value is -0.380. The van der Waals surface area contributed by atoms with Crippen molar-refractivity contribution in [3.8, 4) is 0 Å². The van der Waals surface area contributed by atoms with Gasteiger partial charge in [0.1, 0.15) is 0 Å². The summed E-state index contributed by atoms with van der Waals surface area (Å²) in [6.07, 6.45) is 22.1. The maximum atomic E-state index is 9.26. The molecule has 33 heavy (non-hydrogen) atoms. The van der Waals surface area contributed by atoms with E-state index in [2.05, 4.69) is 26.8 Å². The molecule has 4 aliphatic rings. The van der Waals surface area contributed by atoms with Gasteiger partial charge in [-0.2, -0.15) is 0 Å². The molecule has 190 valence electrons. The first-order valence-electron chi connectivity index (χ1n) is 14.6. The molecule has 3 heteroatoms. The van der Waals surface area contributed by atoms with Crippen LogP contribution in [0.3, 0.4) is 0 Å². The zero-order chi connectivity index (χ0) is 23.3. The highest BCUT2D eigenvalue weighted by molar-refractivity contribution is 5.24. The minimum absolute atomic E-state index is 0.0455. The van der Waals surface area contributed by atoms with E-state index < -0.39 is 0 Å². The summed E-state index contributed by atoms with van der Waals surface area (Å²) >= 11 is 0. The first kappa shape index (κ1) is 25.7. The van der Waals surface area contributed by atoms with E-state index in [1.165, 1.54) is 77.0 Å². The third-order valence-corrected chi connectivity index (χ3v) is 10.2. The van der Waals surface area contributed by atoms with Crippen LogP contribution < -0.4 is 0 Å². The molecule has 3 fully saturated rings. The van der Waals surface area contributed by atoms with Gasteiger partial charge in [0.2, 0.25) is 0 Å². The molecule has 1 N–H and O–H groups in total. The second-order valence-corrected chi connectivity index (χ2v) is 12.3. The monoisotopic (exact) mass is 460 g/mol. The molecular formula is C30H52O3. The van der Waals surface area contributed by atoms with E-state index >= 15 is 0 Å². The largest absolute Gasteiger partial charge is 0.396 e. The van der Waals surface area contributed by atoms with Crippen LogP contribution in [-0.4, -0.2) is 30.7 Å². The number of hydrogen-bond acceptors (Lipinski definition) is 3. The summed E-state index contributed by atoms with van der Waals surface area (Å²) in [5, 5.41) is 9.26. The molecule has 2 saturated carbocycles. The number of ether oxygens (including phenoxy) is 2. The normalized spacial score (nSPS) is 40.3. The Morgan fingerprint density at radius 3 is 2.82 bits per heavy atom. The maximum absolute atomic E-state index is 9.26. The third kappa shape index (κ3) is 6.07. The minimum Gasteiger partial charge on any atom is -0.396 e. The number of hydrogen-bond donors (Lipinski definition) is 1. The highest BCUT2D eigenvalue weighted by atomic mass is 16.7. The van der Waals surface area contributed by atoms with Crippen LogP contribution in [0.5, 0.6) is 0 Å². The molecular weight excluding hydrogens is 408 g/mol. The summed E-state index contributed by atoms with van der Waals surface area (Å²) in [6.45, 7) is 8.65. The van der Waals surface area contributed by atoms with Crippen molar-refractivity contribution in [3.05, 3.63) is 11.6 Å². The van der Waals surface area contributed by atoms with Crippen molar-refractivity contribution in [2.75, 3.05) is 13.2 Å². The first-order chi connectivity index (χ1) is 16.0. The molecule has 3 aliphatic carbocycles. The summed E-state index contributed by atoms with van der Waals surface area (Å²) in [6, 6.07) is 0. The number of fused-ring (bicyclic) bond motifs is 1. The van der Waals surface area contributed by atoms with E-state index in [1.807, 2.05) is 0 Å². The lowest BCUT2D eigenvalue weighted by atomic mass is 9.53. The highest BCUT2D eigenvalue weighted by Crippen LogP contribution is 2.58. The quantitative estimate of drug-likeness (QED) is 0.340. The molecule has 0 aromatic carbocycles. The Morgan fingerprint density at radius 2 is 2.06 bits per heavy atom. The molecule has 1 saturated heterocycles. The van der Waals surface area contributed by atoms with Crippen LogP contribution in [0.4, 0.5) is 0 Å². The first-order valence-corrected chi connectivity index (χ1v) is 14.6. The summed E-state index contributed by atoms with van der Waals surface area (Å²) in [5.41, 5.74) is 2.10. The summed E-state index contributed by atoms with van der Waals surface area (Å²) in [4.78, 5) is 0. The van der Waals surface area contributed by atoms with Gasteiger partial charge < -0.3 is 14.6 Å². The van der Waals surface area contributed by atoms with E-state index in [4.69, 9.17) is 9.47 Å². The average Bonchev–Trinajstić information content (AvgIpc) is 3.32. The molecule has 0 spiro atoms. The van der Waals surface area contributed by atoms with Gasteiger partial charge in [-0.3, -0.25) is 0 Å². The van der Waals surface area contributed by atoms with Crippen molar-refractivity contribution < 1.29 is 14.6 Å². The Morgan fingerprint density at radius 1 is 1.18 bits per heavy atom. The molecule has 1 aliphatic heterocycles. The molecule has 0 bridgehead atoms. The Bertz CT molecular complexity index is 624. The topological polar surface area (TPSA) is 38.7 Å². The van der Waals surface area contributed by atoms with E-state index in [1.54, 1.807) is 5.57 Å². The van der Waals surface area contributed by atoms with E-state index in [0.717, 1.165) is 55.5 Å². The van der Waals surface area contributed by atoms with E-state index in [9.17, 15) is 5.11 Å². The van der Waals surface area contributed by atoms with Crippen molar-refractivity contribution in [1.82, 2.24) is 0 Å². The highest BCUT2D eigenvalue weighted by Gasteiger charge is 2.49. The van der Waals surface area contributed by atoms with Crippen molar-refractivity contribution in [1.29, 1.82) is 0 Å². The van der Waals surface area contributed by atoms with Gasteiger partial charge in [-0.25, -0.2) is 0 Å². The molecule has 1 heterocycles. The minimum atomic E-state index is 0.0455. The molecule has 1 unspecified atom stereocenters. The van der Waals surface area contributed by atoms with Crippen LogP contribution >= 0.6 is 0 Å². The number of rotatable bonds is 10. The van der Waals surface area contributed by atoms with Crippen LogP contribution in [0.1, 0.15) is 117 Å². The van der Waals surface area contributed by atoms with Crippen LogP contribution in [-0.2, 0) is 9.47 Å². The fraction of sp³-hybridized carbons (Fsp3) is 0.933. The SMILES string of the molecule is CCCC[C@H]1[C@H]([C@@H]2CC[C@H]([C@H](C)CCCO)C2)CC=C2C[C@@H](OC3CCCCO3)CC[C@@]21C. The van der Waals surface area contributed by atoms with Gasteiger partial charge in [0.05, 0.1) is 6.10 Å². The van der Waals surface area contributed by atoms with Crippen LogP contribution in [0, 0.1) is 35.0 Å². The van der Waals surface area contributed by atoms with Crippen molar-refractivity contribution >= 4 is 0 Å². The number of aliphatic hydroxyl groups excluding tert-OH is 1. The lowest BCUT2D eigenvalue weighted by Crippen LogP contribution is -2.45. The van der Waals surface area contributed by atoms with Crippen molar-refractivity contribution in [2.24, 2.45) is 35.0 Å². The summed E-state index contributed by atoms with van der Waals surface area (Å²) in [7, 11) is 0. The number of allylic oxidation sites excluding steroid dienone is 1. The van der Waals surface area contributed by atoms with Crippen molar-refractivity contribution in [2.45, 2.75) is 129 Å². The lowest BCUT2D eigenvalue weighted by Gasteiger charge is -2.52. The van der Waals surface area contributed by atoms with Gasteiger partial charge in [-0.1, -0.05) is 45.3 Å². The molecule has 8 atom stereocenters. The molecule has 3 nitrogen and oxygen atoms in total. The molecule has 4 rings (SSSR count). The van der Waals surface area contributed by atoms with E-state index in [0.29, 0.717) is 18.1 Å². The number of unbranched alkanes of at least 4 members (excludes halogenated alkanes) is 1. The zero-order valence-electron chi connectivity index (χ0n) is 21.9. The number of aliphatic hydroxyl groups is 1. The zero-order valence-corrected chi connectivity index (χ0v) is 21.9. The van der Waals surface area contributed by atoms with Crippen LogP contribution in [0.25, 0.3) is 0 Å². The Kier molecular flexibility index (Phi) is 9.38. The van der Waals surface area contributed by atoms with Gasteiger partial charge in [-0.15, -0.1) is 0 Å². The van der Waals surface area contributed by atoms with Crippen LogP contribution in [0.2, 0.25) is 0 Å². The fourth-order valence-corrected chi connectivity index (χ4v) is 8.09. The van der Waals surface area contributed by atoms with Crippen LogP contribution in [0.15, 0.2) is 11.6 Å². The second kappa shape index (κ2) is 12.0. The van der Waals surface area contributed by atoms with Gasteiger partial charge in [-0.05, 0) is 118 Å². The fourth-order valence-electron chi connectivity index (χ4n) is 8.09. The van der Waals surface area contributed by atoms with E-state index in [-0.39, 0.29) is 6.29 Å². The molecule has 0 radical (unpaired) electrons. The predicted molar refractivity (Wildman–Crippen MR) is 136 cm³/mol. The van der Waals surface area contributed by atoms with Gasteiger partial charge in [0.15, 0.2) is 6.29 Å². The summed E-state index contributed by atoms with van der Waals surface area (Å²) < 4.78 is 12.4. The predicted octanol–water partition coefficient (Wildman–Crippen LogP) is 7.67. The Balaban J connectivity index is 1.42. The standard InChI is InChI=1S/C30H52O3/c1-4-5-10-28-27(24-13-12-23(20-24)22(2)9-8-18-31)15-14-25-21-26(16-17-30(25,28)3)33-29-11-6-7-19-32-29/h14,22-24,26-29,31H,4-13,15-21H2,1-3H3/t22-,23+,24-,26+,27+,28+,29?,30+/m1/s1. The van der Waals surface area contributed by atoms with Gasteiger partial charge >= 0.3 is 0 Å². The molecule has 0 amide bonds. The van der Waals surface area contributed by atoms with Crippen molar-refractivity contribution in [3.63, 3.8) is 0 Å². The maximum Gasteiger partial charge on any atom is 0.157 e. The summed E-state index contributed by atoms with van der Waals surface area (Å²) in [5.74, 6) is 4.29. The lowest BCUT2D eigenvalue weighted by molar-refractivity contribution is -0.194.